The average Bonchev–Trinajstić information content (AvgIpc) is 3.37. The molecule has 3 fully saturated rings. The fourth-order valence-corrected chi connectivity index (χ4v) is 4.56. The van der Waals surface area contributed by atoms with Gasteiger partial charge in [0.1, 0.15) is 5.76 Å². The molecule has 1 aromatic rings. The molecule has 0 amide bonds. The minimum absolute atomic E-state index is 0.294. The van der Waals surface area contributed by atoms with E-state index in [9.17, 15) is 0 Å². The molecule has 4 heterocycles. The van der Waals surface area contributed by atoms with Crippen molar-refractivity contribution in [2.75, 3.05) is 72.2 Å². The van der Waals surface area contributed by atoms with E-state index in [1.807, 2.05) is 12.1 Å². The molecule has 0 spiro atoms. The van der Waals surface area contributed by atoms with Crippen molar-refractivity contribution in [1.29, 1.82) is 0 Å². The maximum absolute atomic E-state index is 6.20. The van der Waals surface area contributed by atoms with Gasteiger partial charge in [0.05, 0.1) is 44.8 Å². The topological polar surface area (TPSA) is 71.7 Å². The highest BCUT2D eigenvalue weighted by Crippen LogP contribution is 2.18. The number of aliphatic imine (C=N–C) groups is 1. The van der Waals surface area contributed by atoms with E-state index in [1.165, 1.54) is 12.8 Å². The SMILES string of the molecule is c1coc(CCNC(=NCCN2CCOCC2)N2CCC(OCC3CCCCO3)CC2)c1. The number of morpholine rings is 1. The zero-order valence-electron chi connectivity index (χ0n) is 19.4. The van der Waals surface area contributed by atoms with E-state index in [4.69, 9.17) is 23.6 Å². The van der Waals surface area contributed by atoms with Gasteiger partial charge in [0.2, 0.25) is 0 Å². The summed E-state index contributed by atoms with van der Waals surface area (Å²) < 4.78 is 22.9. The Morgan fingerprint density at radius 3 is 2.72 bits per heavy atom. The van der Waals surface area contributed by atoms with Crippen molar-refractivity contribution in [2.24, 2.45) is 4.99 Å². The molecule has 3 aliphatic heterocycles. The smallest absolute Gasteiger partial charge is 0.193 e. The van der Waals surface area contributed by atoms with Crippen LogP contribution in [0.2, 0.25) is 0 Å². The summed E-state index contributed by atoms with van der Waals surface area (Å²) in [5, 5.41) is 3.58. The molecule has 0 saturated carbocycles. The third-order valence-corrected chi connectivity index (χ3v) is 6.55. The van der Waals surface area contributed by atoms with Crippen LogP contribution in [0.25, 0.3) is 0 Å². The van der Waals surface area contributed by atoms with Gasteiger partial charge in [-0.3, -0.25) is 9.89 Å². The number of rotatable bonds is 9. The molecule has 0 radical (unpaired) electrons. The number of nitrogens with one attached hydrogen (secondary N) is 1. The van der Waals surface area contributed by atoms with Gasteiger partial charge in [-0.2, -0.15) is 0 Å². The van der Waals surface area contributed by atoms with E-state index in [-0.39, 0.29) is 0 Å². The van der Waals surface area contributed by atoms with E-state index in [1.54, 1.807) is 6.26 Å². The summed E-state index contributed by atoms with van der Waals surface area (Å²) in [5.74, 6) is 2.01. The molecule has 1 unspecified atom stereocenters. The Morgan fingerprint density at radius 2 is 1.97 bits per heavy atom. The summed E-state index contributed by atoms with van der Waals surface area (Å²) in [5.41, 5.74) is 0. The normalized spacial score (nSPS) is 24.1. The predicted molar refractivity (Wildman–Crippen MR) is 124 cm³/mol. The number of ether oxygens (including phenoxy) is 3. The average molecular weight is 449 g/mol. The predicted octanol–water partition coefficient (Wildman–Crippen LogP) is 2.15. The van der Waals surface area contributed by atoms with Gasteiger partial charge in [0, 0.05) is 52.3 Å². The maximum Gasteiger partial charge on any atom is 0.193 e. The molecule has 8 heteroatoms. The van der Waals surface area contributed by atoms with Crippen LogP contribution >= 0.6 is 0 Å². The highest BCUT2D eigenvalue weighted by Gasteiger charge is 2.24. The first-order valence-corrected chi connectivity index (χ1v) is 12.5. The highest BCUT2D eigenvalue weighted by molar-refractivity contribution is 5.80. The Kier molecular flexibility index (Phi) is 9.70. The summed E-state index contributed by atoms with van der Waals surface area (Å²) in [6, 6.07) is 3.96. The Morgan fingerprint density at radius 1 is 1.09 bits per heavy atom. The molecule has 3 aliphatic rings. The number of furan rings is 1. The van der Waals surface area contributed by atoms with Gasteiger partial charge in [-0.1, -0.05) is 0 Å². The second kappa shape index (κ2) is 13.2. The fourth-order valence-electron chi connectivity index (χ4n) is 4.56. The van der Waals surface area contributed by atoms with Crippen LogP contribution < -0.4 is 5.32 Å². The molecule has 32 heavy (non-hydrogen) atoms. The van der Waals surface area contributed by atoms with Gasteiger partial charge in [0.15, 0.2) is 5.96 Å². The molecule has 0 aliphatic carbocycles. The van der Waals surface area contributed by atoms with Crippen LogP contribution in [0, 0.1) is 0 Å². The van der Waals surface area contributed by atoms with Crippen LogP contribution in [-0.2, 0) is 20.6 Å². The van der Waals surface area contributed by atoms with Gasteiger partial charge < -0.3 is 28.8 Å². The Hall–Kier alpha value is -1.61. The van der Waals surface area contributed by atoms with Crippen molar-refractivity contribution < 1.29 is 18.6 Å². The van der Waals surface area contributed by atoms with Crippen LogP contribution in [0.1, 0.15) is 37.9 Å². The molecular formula is C24H40N4O4. The lowest BCUT2D eigenvalue weighted by Gasteiger charge is -2.35. The van der Waals surface area contributed by atoms with Crippen molar-refractivity contribution in [3.05, 3.63) is 24.2 Å². The monoisotopic (exact) mass is 448 g/mol. The summed E-state index contributed by atoms with van der Waals surface area (Å²) in [6.45, 7) is 9.85. The number of piperidine rings is 1. The zero-order chi connectivity index (χ0) is 21.8. The molecule has 180 valence electrons. The number of likely N-dealkylation sites (tertiary alicyclic amines) is 1. The second-order valence-corrected chi connectivity index (χ2v) is 8.92. The van der Waals surface area contributed by atoms with Crippen LogP contribution in [0.3, 0.4) is 0 Å². The Balaban J connectivity index is 1.23. The maximum atomic E-state index is 6.20. The first-order chi connectivity index (χ1) is 15.9. The van der Waals surface area contributed by atoms with Crippen molar-refractivity contribution in [1.82, 2.24) is 15.1 Å². The van der Waals surface area contributed by atoms with Crippen molar-refractivity contribution in [3.63, 3.8) is 0 Å². The van der Waals surface area contributed by atoms with Crippen LogP contribution in [0.5, 0.6) is 0 Å². The third-order valence-electron chi connectivity index (χ3n) is 6.55. The Bertz CT molecular complexity index is 649. The van der Waals surface area contributed by atoms with Crippen molar-refractivity contribution in [2.45, 2.75) is 50.7 Å². The number of guanidine groups is 1. The van der Waals surface area contributed by atoms with Crippen LogP contribution in [0.15, 0.2) is 27.8 Å². The molecule has 1 aromatic heterocycles. The number of hydrogen-bond acceptors (Lipinski definition) is 6. The fraction of sp³-hybridized carbons (Fsp3) is 0.792. The Labute approximate surface area is 192 Å². The second-order valence-electron chi connectivity index (χ2n) is 8.92. The van der Waals surface area contributed by atoms with Crippen LogP contribution in [-0.4, -0.2) is 100 Å². The lowest BCUT2D eigenvalue weighted by atomic mass is 10.1. The molecule has 1 atom stereocenters. The summed E-state index contributed by atoms with van der Waals surface area (Å²) in [4.78, 5) is 9.78. The van der Waals surface area contributed by atoms with Gasteiger partial charge in [-0.15, -0.1) is 0 Å². The van der Waals surface area contributed by atoms with Crippen molar-refractivity contribution >= 4 is 5.96 Å². The highest BCUT2D eigenvalue weighted by atomic mass is 16.5. The van der Waals surface area contributed by atoms with E-state index in [2.05, 4.69) is 15.1 Å². The third kappa shape index (κ3) is 7.76. The van der Waals surface area contributed by atoms with Gasteiger partial charge >= 0.3 is 0 Å². The van der Waals surface area contributed by atoms with Gasteiger partial charge in [-0.05, 0) is 44.2 Å². The first kappa shape index (κ1) is 23.5. The lowest BCUT2D eigenvalue weighted by Crippen LogP contribution is -2.48. The molecule has 0 aromatic carbocycles. The molecule has 4 rings (SSSR count). The molecular weight excluding hydrogens is 408 g/mol. The zero-order valence-corrected chi connectivity index (χ0v) is 19.4. The number of hydrogen-bond donors (Lipinski definition) is 1. The standard InChI is InChI=1S/C24H40N4O4/c1-2-16-31-23(4-1)20-32-22-7-11-28(12-8-22)24(25-9-6-21-5-3-17-30-21)26-10-13-27-14-18-29-19-15-27/h3,5,17,22-23H,1-2,4,6-16,18-20H2,(H,25,26). The van der Waals surface area contributed by atoms with Crippen molar-refractivity contribution in [3.8, 4) is 0 Å². The summed E-state index contributed by atoms with van der Waals surface area (Å²) in [6.07, 6.45) is 8.88. The molecule has 3 saturated heterocycles. The minimum atomic E-state index is 0.294. The largest absolute Gasteiger partial charge is 0.469 e. The van der Waals surface area contributed by atoms with E-state index in [0.29, 0.717) is 12.2 Å². The quantitative estimate of drug-likeness (QED) is 0.458. The van der Waals surface area contributed by atoms with E-state index in [0.717, 1.165) is 110 Å². The lowest BCUT2D eigenvalue weighted by molar-refractivity contribution is -0.0721. The summed E-state index contributed by atoms with van der Waals surface area (Å²) >= 11 is 0. The summed E-state index contributed by atoms with van der Waals surface area (Å²) in [7, 11) is 0. The number of nitrogens with zero attached hydrogens (tertiary/aromatic N) is 3. The first-order valence-electron chi connectivity index (χ1n) is 12.5. The van der Waals surface area contributed by atoms with Gasteiger partial charge in [-0.25, -0.2) is 0 Å². The van der Waals surface area contributed by atoms with Crippen LogP contribution in [0.4, 0.5) is 0 Å². The molecule has 0 bridgehead atoms. The van der Waals surface area contributed by atoms with E-state index < -0.39 is 0 Å². The molecule has 8 nitrogen and oxygen atoms in total. The van der Waals surface area contributed by atoms with Gasteiger partial charge in [0.25, 0.3) is 0 Å². The minimum Gasteiger partial charge on any atom is -0.469 e. The molecule has 1 N–H and O–H groups in total. The van der Waals surface area contributed by atoms with E-state index >= 15 is 0 Å².